The van der Waals surface area contributed by atoms with E-state index in [4.69, 9.17) is 0 Å². The van der Waals surface area contributed by atoms with Gasteiger partial charge in [-0.25, -0.2) is 10.2 Å². The second-order valence-corrected chi connectivity index (χ2v) is 7.22. The number of nitro groups is 1. The van der Waals surface area contributed by atoms with E-state index >= 15 is 0 Å². The summed E-state index contributed by atoms with van der Waals surface area (Å²) in [4.78, 5) is 41.6. The monoisotopic (exact) mass is 433 g/mol. The van der Waals surface area contributed by atoms with Gasteiger partial charge in [-0.1, -0.05) is 29.8 Å². The fourth-order valence-corrected chi connectivity index (χ4v) is 3.20. The van der Waals surface area contributed by atoms with E-state index in [2.05, 4.69) is 20.5 Å². The number of hydrazone groups is 1. The number of imidazole rings is 1. The number of benzene rings is 2. The summed E-state index contributed by atoms with van der Waals surface area (Å²) in [5, 5.41) is 14.9. The lowest BCUT2D eigenvalue weighted by molar-refractivity contribution is -0.384. The third-order valence-electron chi connectivity index (χ3n) is 4.95. The van der Waals surface area contributed by atoms with Crippen molar-refractivity contribution in [3.05, 3.63) is 96.2 Å². The van der Waals surface area contributed by atoms with E-state index in [1.807, 2.05) is 31.2 Å². The molecule has 0 saturated heterocycles. The lowest BCUT2D eigenvalue weighted by atomic mass is 10.1. The Kier molecular flexibility index (Phi) is 5.37. The van der Waals surface area contributed by atoms with Crippen molar-refractivity contribution in [2.75, 3.05) is 5.43 Å². The van der Waals surface area contributed by atoms with Crippen molar-refractivity contribution in [3.8, 4) is 0 Å². The number of rotatable bonds is 6. The third-order valence-corrected chi connectivity index (χ3v) is 4.95. The summed E-state index contributed by atoms with van der Waals surface area (Å²) in [6.45, 7) is 2.31. The molecule has 0 amide bonds. The first-order chi connectivity index (χ1) is 15.3. The summed E-state index contributed by atoms with van der Waals surface area (Å²) < 4.78 is 2.90. The highest BCUT2D eigenvalue weighted by molar-refractivity contribution is 5.81. The van der Waals surface area contributed by atoms with Gasteiger partial charge in [0.05, 0.1) is 17.7 Å². The van der Waals surface area contributed by atoms with Crippen LogP contribution in [0.25, 0.3) is 11.2 Å². The number of aryl methyl sites for hydroxylation is 2. The van der Waals surface area contributed by atoms with E-state index in [1.54, 1.807) is 16.7 Å². The van der Waals surface area contributed by atoms with Gasteiger partial charge in [-0.2, -0.15) is 10.1 Å². The minimum absolute atomic E-state index is 0.0184. The normalized spacial score (nSPS) is 11.3. The zero-order valence-electron chi connectivity index (χ0n) is 17.3. The quantitative estimate of drug-likeness (QED) is 0.271. The maximum Gasteiger partial charge on any atom is 0.329 e. The van der Waals surface area contributed by atoms with Crippen molar-refractivity contribution in [2.24, 2.45) is 12.1 Å². The smallest absolute Gasteiger partial charge is 0.298 e. The highest BCUT2D eigenvalue weighted by Gasteiger charge is 2.17. The second-order valence-electron chi connectivity index (χ2n) is 7.22. The zero-order chi connectivity index (χ0) is 22.8. The van der Waals surface area contributed by atoms with Crippen LogP contribution in [0.1, 0.15) is 16.7 Å². The van der Waals surface area contributed by atoms with E-state index < -0.39 is 16.2 Å². The topological polar surface area (TPSA) is 140 Å². The molecule has 2 N–H and O–H groups in total. The Morgan fingerprint density at radius 2 is 1.84 bits per heavy atom. The largest absolute Gasteiger partial charge is 0.329 e. The number of fused-ring (bicyclic) bond motifs is 1. The number of anilines is 1. The van der Waals surface area contributed by atoms with Crippen LogP contribution in [-0.2, 0) is 13.6 Å². The Bertz CT molecular complexity index is 1450. The minimum atomic E-state index is -0.566. The number of H-pyrrole nitrogens is 1. The average Bonchev–Trinajstić information content (AvgIpc) is 3.13. The van der Waals surface area contributed by atoms with Gasteiger partial charge in [0.15, 0.2) is 11.2 Å². The van der Waals surface area contributed by atoms with Gasteiger partial charge in [-0.3, -0.25) is 29.0 Å². The highest BCUT2D eigenvalue weighted by Crippen LogP contribution is 2.18. The van der Waals surface area contributed by atoms with E-state index in [9.17, 15) is 19.7 Å². The van der Waals surface area contributed by atoms with Gasteiger partial charge in [0.2, 0.25) is 5.95 Å². The molecular formula is C21H19N7O4. The number of nitro benzene ring substituents is 1. The first kappa shape index (κ1) is 20.7. The van der Waals surface area contributed by atoms with Crippen LogP contribution in [0.4, 0.5) is 11.6 Å². The van der Waals surface area contributed by atoms with Crippen LogP contribution in [0.3, 0.4) is 0 Å². The van der Waals surface area contributed by atoms with Crippen molar-refractivity contribution in [1.82, 2.24) is 19.1 Å². The fraction of sp³-hybridized carbons (Fsp3) is 0.143. The Hall–Kier alpha value is -4.54. The Labute approximate surface area is 180 Å². The molecule has 4 rings (SSSR count). The van der Waals surface area contributed by atoms with Crippen molar-refractivity contribution >= 4 is 29.0 Å². The molecule has 0 fully saturated rings. The number of hydrogen-bond acceptors (Lipinski definition) is 7. The molecule has 0 aliphatic carbocycles. The Balaban J connectivity index is 1.72. The molecule has 0 radical (unpaired) electrons. The van der Waals surface area contributed by atoms with Crippen LogP contribution in [-0.4, -0.2) is 30.2 Å². The van der Waals surface area contributed by atoms with Gasteiger partial charge in [-0.15, -0.1) is 0 Å². The molecule has 0 bridgehead atoms. The van der Waals surface area contributed by atoms with Crippen molar-refractivity contribution in [1.29, 1.82) is 0 Å². The molecule has 11 heteroatoms. The molecule has 32 heavy (non-hydrogen) atoms. The summed E-state index contributed by atoms with van der Waals surface area (Å²) in [6, 6.07) is 13.7. The van der Waals surface area contributed by atoms with E-state index in [0.29, 0.717) is 12.1 Å². The Morgan fingerprint density at radius 1 is 1.16 bits per heavy atom. The van der Waals surface area contributed by atoms with Crippen LogP contribution in [0.5, 0.6) is 0 Å². The van der Waals surface area contributed by atoms with E-state index in [0.717, 1.165) is 11.1 Å². The lowest BCUT2D eigenvalue weighted by Gasteiger charge is -2.08. The summed E-state index contributed by atoms with van der Waals surface area (Å²) in [6.07, 6.45) is 1.47. The van der Waals surface area contributed by atoms with Crippen molar-refractivity contribution in [2.45, 2.75) is 13.5 Å². The molecule has 0 unspecified atom stereocenters. The maximum absolute atomic E-state index is 12.6. The number of aromatic amines is 1. The summed E-state index contributed by atoms with van der Waals surface area (Å²) in [7, 11) is 1.52. The molecule has 2 aromatic heterocycles. The molecule has 2 aromatic carbocycles. The van der Waals surface area contributed by atoms with Gasteiger partial charge in [0.1, 0.15) is 0 Å². The van der Waals surface area contributed by atoms with Crippen LogP contribution in [0.15, 0.2) is 63.2 Å². The molecule has 0 saturated carbocycles. The molecule has 4 aromatic rings. The fourth-order valence-electron chi connectivity index (χ4n) is 3.20. The maximum atomic E-state index is 12.6. The second kappa shape index (κ2) is 8.30. The third kappa shape index (κ3) is 4.03. The highest BCUT2D eigenvalue weighted by atomic mass is 16.6. The van der Waals surface area contributed by atoms with Crippen LogP contribution >= 0.6 is 0 Å². The summed E-state index contributed by atoms with van der Waals surface area (Å²) in [5.74, 6) is 0.269. The number of non-ortho nitro benzene ring substituents is 1. The summed E-state index contributed by atoms with van der Waals surface area (Å²) >= 11 is 0. The lowest BCUT2D eigenvalue weighted by Crippen LogP contribution is -2.29. The van der Waals surface area contributed by atoms with Crippen molar-refractivity contribution < 1.29 is 4.92 Å². The van der Waals surface area contributed by atoms with Crippen molar-refractivity contribution in [3.63, 3.8) is 0 Å². The van der Waals surface area contributed by atoms with Gasteiger partial charge in [0.25, 0.3) is 11.2 Å². The average molecular weight is 433 g/mol. The van der Waals surface area contributed by atoms with Crippen LogP contribution in [0, 0.1) is 17.0 Å². The number of aromatic nitrogens is 4. The molecule has 0 aliphatic rings. The zero-order valence-corrected chi connectivity index (χ0v) is 17.3. The van der Waals surface area contributed by atoms with Crippen LogP contribution in [0.2, 0.25) is 0 Å². The number of hydrogen-bond donors (Lipinski definition) is 2. The number of nitrogens with zero attached hydrogens (tertiary/aromatic N) is 5. The molecule has 0 spiro atoms. The molecular weight excluding hydrogens is 414 g/mol. The standard InChI is InChI=1S/C21H19N7O4/c1-13-3-5-15(6-4-13)12-27-17-18(26(2)21(30)24-19(17)29)23-20(27)25-22-11-14-7-9-16(10-8-14)28(31)32/h3-11H,12H2,1-2H3,(H,23,25)(H,24,29,30)/b22-11+. The predicted octanol–water partition coefficient (Wildman–Crippen LogP) is 2.13. The Morgan fingerprint density at radius 3 is 2.50 bits per heavy atom. The van der Waals surface area contributed by atoms with Gasteiger partial charge >= 0.3 is 5.69 Å². The number of nitrogens with one attached hydrogen (secondary N) is 2. The minimum Gasteiger partial charge on any atom is -0.298 e. The van der Waals surface area contributed by atoms with Gasteiger partial charge in [-0.05, 0) is 30.2 Å². The molecule has 0 atom stereocenters. The predicted molar refractivity (Wildman–Crippen MR) is 120 cm³/mol. The van der Waals surface area contributed by atoms with E-state index in [1.165, 1.54) is 30.0 Å². The molecule has 0 aliphatic heterocycles. The van der Waals surface area contributed by atoms with Gasteiger partial charge in [0, 0.05) is 19.2 Å². The molecule has 2 heterocycles. The molecule has 162 valence electrons. The molecule has 11 nitrogen and oxygen atoms in total. The first-order valence-corrected chi connectivity index (χ1v) is 9.62. The van der Waals surface area contributed by atoms with Crippen LogP contribution < -0.4 is 16.7 Å². The van der Waals surface area contributed by atoms with E-state index in [-0.39, 0.29) is 22.8 Å². The van der Waals surface area contributed by atoms with Gasteiger partial charge < -0.3 is 0 Å². The summed E-state index contributed by atoms with van der Waals surface area (Å²) in [5.41, 5.74) is 4.82. The SMILES string of the molecule is Cc1ccc(Cn2c(N/N=C/c3ccc([N+](=O)[O-])cc3)nc3c2c(=O)[nH]c(=O)n3C)cc1. The first-order valence-electron chi connectivity index (χ1n) is 9.62.